The number of halogens is 1. The van der Waals surface area contributed by atoms with Gasteiger partial charge in [-0.05, 0) is 38.1 Å². The van der Waals surface area contributed by atoms with Gasteiger partial charge in [0, 0.05) is 6.20 Å². The van der Waals surface area contributed by atoms with Crippen LogP contribution in [0.2, 0.25) is 0 Å². The van der Waals surface area contributed by atoms with Gasteiger partial charge >= 0.3 is 11.7 Å². The van der Waals surface area contributed by atoms with E-state index in [0.717, 1.165) is 22.9 Å². The van der Waals surface area contributed by atoms with Crippen molar-refractivity contribution >= 4 is 5.97 Å². The first-order valence-electron chi connectivity index (χ1n) is 7.85. The van der Waals surface area contributed by atoms with Crippen molar-refractivity contribution < 1.29 is 23.8 Å². The smallest absolute Gasteiger partial charge is 0.342 e. The van der Waals surface area contributed by atoms with E-state index in [1.165, 1.54) is 12.1 Å². The topological polar surface area (TPSA) is 99.8 Å². The molecule has 0 radical (unpaired) electrons. The predicted octanol–water partition coefficient (Wildman–Crippen LogP) is 0.988. The fourth-order valence-electron chi connectivity index (χ4n) is 2.77. The molecule has 1 N–H and O–H groups in total. The number of carbonyl (C=O) groups is 1. The van der Waals surface area contributed by atoms with Gasteiger partial charge in [0.05, 0.1) is 18.8 Å². The van der Waals surface area contributed by atoms with Gasteiger partial charge in [0.2, 0.25) is 0 Å². The van der Waals surface area contributed by atoms with Crippen molar-refractivity contribution in [2.45, 2.75) is 32.3 Å². The fraction of sp³-hybridized carbons (Fsp3) is 0.353. The molecule has 2 heterocycles. The summed E-state index contributed by atoms with van der Waals surface area (Å²) in [5.74, 6) is -2.83. The molecule has 1 aliphatic rings. The van der Waals surface area contributed by atoms with Crippen LogP contribution in [0.25, 0.3) is 5.69 Å². The zero-order chi connectivity index (χ0) is 19.1. The van der Waals surface area contributed by atoms with Gasteiger partial charge in [0.15, 0.2) is 5.79 Å². The second kappa shape index (κ2) is 6.50. The molecule has 0 unspecified atom stereocenters. The molecule has 3 rings (SSSR count). The van der Waals surface area contributed by atoms with Crippen molar-refractivity contribution in [2.24, 2.45) is 0 Å². The number of benzene rings is 1. The Morgan fingerprint density at radius 3 is 2.50 bits per heavy atom. The first-order chi connectivity index (χ1) is 12.2. The summed E-state index contributed by atoms with van der Waals surface area (Å²) in [7, 11) is 0. The third-order valence-electron chi connectivity index (χ3n) is 3.94. The molecular formula is C17H17FN2O6. The number of hydrogen-bond donors (Lipinski definition) is 1. The third kappa shape index (κ3) is 3.44. The van der Waals surface area contributed by atoms with Crippen LogP contribution in [-0.4, -0.2) is 38.7 Å². The lowest BCUT2D eigenvalue weighted by molar-refractivity contribution is -0.139. The number of carboxylic acids is 1. The van der Waals surface area contributed by atoms with Crippen LogP contribution < -0.4 is 11.2 Å². The summed E-state index contributed by atoms with van der Waals surface area (Å²) in [6, 6.07) is 4.61. The molecule has 26 heavy (non-hydrogen) atoms. The zero-order valence-corrected chi connectivity index (χ0v) is 14.1. The van der Waals surface area contributed by atoms with E-state index in [1.54, 1.807) is 13.8 Å². The van der Waals surface area contributed by atoms with E-state index in [9.17, 15) is 23.9 Å². The first kappa shape index (κ1) is 18.0. The van der Waals surface area contributed by atoms with Gasteiger partial charge in [-0.3, -0.25) is 9.36 Å². The maximum Gasteiger partial charge on any atom is 0.342 e. The summed E-state index contributed by atoms with van der Waals surface area (Å²) in [6.07, 6.45) is 0.505. The van der Waals surface area contributed by atoms with Gasteiger partial charge in [-0.1, -0.05) is 0 Å². The van der Waals surface area contributed by atoms with Crippen molar-refractivity contribution in [3.8, 4) is 5.69 Å². The van der Waals surface area contributed by atoms with E-state index in [4.69, 9.17) is 9.47 Å². The van der Waals surface area contributed by atoms with Crippen molar-refractivity contribution in [1.82, 2.24) is 9.13 Å². The molecular weight excluding hydrogens is 347 g/mol. The molecule has 0 saturated carbocycles. The highest BCUT2D eigenvalue weighted by atomic mass is 19.1. The number of rotatable bonds is 4. The second-order valence-electron chi connectivity index (χ2n) is 6.35. The number of ether oxygens (including phenoxy) is 2. The monoisotopic (exact) mass is 364 g/mol. The summed E-state index contributed by atoms with van der Waals surface area (Å²) >= 11 is 0. The first-order valence-corrected chi connectivity index (χ1v) is 7.85. The number of aromatic nitrogens is 2. The van der Waals surface area contributed by atoms with Crippen LogP contribution in [0.5, 0.6) is 0 Å². The quantitative estimate of drug-likeness (QED) is 0.868. The van der Waals surface area contributed by atoms with Crippen molar-refractivity contribution in [3.05, 3.63) is 62.7 Å². The maximum absolute atomic E-state index is 13.1. The van der Waals surface area contributed by atoms with Gasteiger partial charge in [-0.25, -0.2) is 18.5 Å². The van der Waals surface area contributed by atoms with Crippen LogP contribution in [0.15, 0.2) is 40.1 Å². The lowest BCUT2D eigenvalue weighted by Gasteiger charge is -2.18. The standard InChI is InChI=1S/C17H17FN2O6/c1-17(2)25-9-12(26-17)7-19-8-13(15(22)23)14(21)20(16(19)24)11-5-3-10(18)4-6-11/h3-6,8,12H,7,9H2,1-2H3,(H,22,23)/t12-/m0/s1. The minimum Gasteiger partial charge on any atom is -0.477 e. The normalized spacial score (nSPS) is 18.8. The Balaban J connectivity index is 2.11. The van der Waals surface area contributed by atoms with E-state index in [2.05, 4.69) is 0 Å². The highest BCUT2D eigenvalue weighted by Crippen LogP contribution is 2.22. The molecule has 1 aromatic heterocycles. The van der Waals surface area contributed by atoms with Gasteiger partial charge in [-0.15, -0.1) is 0 Å². The lowest BCUT2D eigenvalue weighted by Crippen LogP contribution is -2.43. The van der Waals surface area contributed by atoms with E-state index in [1.807, 2.05) is 0 Å². The van der Waals surface area contributed by atoms with Crippen molar-refractivity contribution in [2.75, 3.05) is 6.61 Å². The number of nitrogens with zero attached hydrogens (tertiary/aromatic N) is 2. The zero-order valence-electron chi connectivity index (χ0n) is 14.1. The van der Waals surface area contributed by atoms with E-state index in [0.29, 0.717) is 4.57 Å². The summed E-state index contributed by atoms with van der Waals surface area (Å²) in [5.41, 5.74) is -2.25. The number of hydrogen-bond acceptors (Lipinski definition) is 5. The molecule has 0 spiro atoms. The molecule has 1 fully saturated rings. The highest BCUT2D eigenvalue weighted by molar-refractivity contribution is 5.86. The molecule has 8 nitrogen and oxygen atoms in total. The molecule has 1 atom stereocenters. The molecule has 0 aliphatic carbocycles. The summed E-state index contributed by atoms with van der Waals surface area (Å²) < 4.78 is 26.0. The molecule has 1 aromatic carbocycles. The van der Waals surface area contributed by atoms with E-state index >= 15 is 0 Å². The lowest BCUT2D eigenvalue weighted by atomic mass is 10.2. The van der Waals surface area contributed by atoms with Crippen LogP contribution in [-0.2, 0) is 16.0 Å². The Bertz CT molecular complexity index is 961. The molecule has 9 heteroatoms. The largest absolute Gasteiger partial charge is 0.477 e. The Kier molecular flexibility index (Phi) is 4.51. The number of carboxylic acid groups (broad SMARTS) is 1. The maximum atomic E-state index is 13.1. The van der Waals surface area contributed by atoms with Gasteiger partial charge in [0.25, 0.3) is 5.56 Å². The molecule has 138 valence electrons. The van der Waals surface area contributed by atoms with Gasteiger partial charge < -0.3 is 14.6 Å². The third-order valence-corrected chi connectivity index (χ3v) is 3.94. The van der Waals surface area contributed by atoms with Crippen molar-refractivity contribution in [1.29, 1.82) is 0 Å². The van der Waals surface area contributed by atoms with Crippen LogP contribution in [0, 0.1) is 5.82 Å². The minimum absolute atomic E-state index is 0.00399. The van der Waals surface area contributed by atoms with Gasteiger partial charge in [-0.2, -0.15) is 0 Å². The molecule has 1 saturated heterocycles. The van der Waals surface area contributed by atoms with Crippen LogP contribution in [0.3, 0.4) is 0 Å². The van der Waals surface area contributed by atoms with E-state index < -0.39 is 40.5 Å². The molecule has 0 bridgehead atoms. The molecule has 1 aliphatic heterocycles. The second-order valence-corrected chi connectivity index (χ2v) is 6.35. The Morgan fingerprint density at radius 2 is 1.96 bits per heavy atom. The SMILES string of the molecule is CC1(C)OC[C@H](Cn2cc(C(=O)O)c(=O)n(-c3ccc(F)cc3)c2=O)O1. The highest BCUT2D eigenvalue weighted by Gasteiger charge is 2.33. The predicted molar refractivity (Wildman–Crippen MR) is 88.1 cm³/mol. The fourth-order valence-corrected chi connectivity index (χ4v) is 2.77. The number of aromatic carboxylic acids is 1. The van der Waals surface area contributed by atoms with Crippen molar-refractivity contribution in [3.63, 3.8) is 0 Å². The Hall–Kier alpha value is -2.78. The summed E-state index contributed by atoms with van der Waals surface area (Å²) in [4.78, 5) is 36.6. The summed E-state index contributed by atoms with van der Waals surface area (Å²) in [5, 5.41) is 9.30. The van der Waals surface area contributed by atoms with Crippen LogP contribution in [0.4, 0.5) is 4.39 Å². The average Bonchev–Trinajstić information content (AvgIpc) is 2.90. The Labute approximate surface area is 147 Å². The minimum atomic E-state index is -1.47. The molecule has 0 amide bonds. The van der Waals surface area contributed by atoms with Crippen LogP contribution >= 0.6 is 0 Å². The van der Waals surface area contributed by atoms with Gasteiger partial charge in [0.1, 0.15) is 17.5 Å². The Morgan fingerprint density at radius 1 is 1.31 bits per heavy atom. The van der Waals surface area contributed by atoms with E-state index in [-0.39, 0.29) is 18.8 Å². The van der Waals surface area contributed by atoms with Crippen LogP contribution in [0.1, 0.15) is 24.2 Å². The summed E-state index contributed by atoms with van der Waals surface area (Å²) in [6.45, 7) is 3.66. The average molecular weight is 364 g/mol. The molecule has 2 aromatic rings.